The summed E-state index contributed by atoms with van der Waals surface area (Å²) in [6.45, 7) is 1.52. The molecule has 8 nitrogen and oxygen atoms in total. The average molecular weight is 407 g/mol. The van der Waals surface area contributed by atoms with Crippen molar-refractivity contribution in [3.63, 3.8) is 0 Å². The van der Waals surface area contributed by atoms with Crippen molar-refractivity contribution in [3.05, 3.63) is 47.8 Å². The third-order valence-electron chi connectivity index (χ3n) is 5.66. The molecule has 0 radical (unpaired) electrons. The molecule has 1 aliphatic heterocycles. The predicted octanol–water partition coefficient (Wildman–Crippen LogP) is 3.46. The number of hydrogen-bond acceptors (Lipinski definition) is 6. The van der Waals surface area contributed by atoms with Gasteiger partial charge < -0.3 is 20.1 Å². The number of nitrogens with one attached hydrogen (secondary N) is 2. The maximum Gasteiger partial charge on any atom is 0.261 e. The lowest BCUT2D eigenvalue weighted by molar-refractivity contribution is 0.0853. The molecular weight excluding hydrogens is 382 g/mol. The molecule has 1 aromatic carbocycles. The van der Waals surface area contributed by atoms with Gasteiger partial charge in [-0.2, -0.15) is 5.10 Å². The minimum atomic E-state index is -0.243. The quantitative estimate of drug-likeness (QED) is 0.650. The van der Waals surface area contributed by atoms with Gasteiger partial charge in [0.15, 0.2) is 5.65 Å². The molecule has 5 rings (SSSR count). The van der Waals surface area contributed by atoms with E-state index in [1.807, 2.05) is 30.5 Å². The summed E-state index contributed by atoms with van der Waals surface area (Å²) in [7, 11) is 1.64. The number of benzene rings is 1. The molecular formula is C22H25N5O3. The maximum absolute atomic E-state index is 13.0. The third-order valence-corrected chi connectivity index (χ3v) is 5.66. The molecule has 0 bridgehead atoms. The topological polar surface area (TPSA) is 89.8 Å². The van der Waals surface area contributed by atoms with Crippen molar-refractivity contribution >= 4 is 23.1 Å². The Hall–Kier alpha value is -3.13. The van der Waals surface area contributed by atoms with Crippen LogP contribution in [-0.4, -0.2) is 46.9 Å². The van der Waals surface area contributed by atoms with Crippen LogP contribution in [0.4, 0.5) is 11.5 Å². The maximum atomic E-state index is 13.0. The van der Waals surface area contributed by atoms with E-state index in [0.717, 1.165) is 56.0 Å². The molecule has 1 amide bonds. The number of aromatic nitrogens is 3. The van der Waals surface area contributed by atoms with Gasteiger partial charge in [0.25, 0.3) is 5.91 Å². The number of hydrogen-bond donors (Lipinski definition) is 2. The van der Waals surface area contributed by atoms with Gasteiger partial charge in [0, 0.05) is 37.2 Å². The van der Waals surface area contributed by atoms with Crippen molar-refractivity contribution in [2.24, 2.45) is 0 Å². The van der Waals surface area contributed by atoms with Crippen LogP contribution >= 0.6 is 0 Å². The molecule has 8 heteroatoms. The van der Waals surface area contributed by atoms with Gasteiger partial charge in [-0.15, -0.1) is 0 Å². The summed E-state index contributed by atoms with van der Waals surface area (Å²) in [5.41, 5.74) is 2.82. The number of carbonyl (C=O) groups is 1. The van der Waals surface area contributed by atoms with Crippen LogP contribution in [-0.2, 0) is 4.74 Å². The third kappa shape index (κ3) is 3.95. The van der Waals surface area contributed by atoms with Gasteiger partial charge in [-0.1, -0.05) is 0 Å². The highest BCUT2D eigenvalue weighted by Crippen LogP contribution is 2.32. The summed E-state index contributed by atoms with van der Waals surface area (Å²) in [5.74, 6) is 1.65. The molecule has 1 saturated heterocycles. The van der Waals surface area contributed by atoms with Crippen molar-refractivity contribution in [2.45, 2.75) is 37.6 Å². The van der Waals surface area contributed by atoms with Crippen molar-refractivity contribution in [1.82, 2.24) is 14.6 Å². The molecule has 2 N–H and O–H groups in total. The Morgan fingerprint density at radius 1 is 1.20 bits per heavy atom. The molecule has 1 aliphatic carbocycles. The molecule has 156 valence electrons. The number of nitrogens with zero attached hydrogens (tertiary/aromatic N) is 3. The first-order valence-corrected chi connectivity index (χ1v) is 10.4. The summed E-state index contributed by atoms with van der Waals surface area (Å²) >= 11 is 0. The molecule has 1 saturated carbocycles. The first-order valence-electron chi connectivity index (χ1n) is 10.4. The highest BCUT2D eigenvalue weighted by Gasteiger charge is 2.22. The van der Waals surface area contributed by atoms with Crippen LogP contribution in [0.5, 0.6) is 5.75 Å². The molecule has 2 fully saturated rings. The van der Waals surface area contributed by atoms with Gasteiger partial charge in [-0.25, -0.2) is 9.50 Å². The van der Waals surface area contributed by atoms with E-state index >= 15 is 0 Å². The zero-order valence-electron chi connectivity index (χ0n) is 16.9. The zero-order chi connectivity index (χ0) is 20.5. The van der Waals surface area contributed by atoms with Gasteiger partial charge in [0.2, 0.25) is 0 Å². The minimum Gasteiger partial charge on any atom is -0.497 e. The van der Waals surface area contributed by atoms with Crippen LogP contribution in [0.3, 0.4) is 0 Å². The largest absolute Gasteiger partial charge is 0.497 e. The fourth-order valence-electron chi connectivity index (χ4n) is 3.82. The van der Waals surface area contributed by atoms with Gasteiger partial charge >= 0.3 is 0 Å². The SMILES string of the molecule is COc1cc(NC(=O)c2cnn3ccc(NC4CC4)nc23)cc(C2CCOCC2)c1. The van der Waals surface area contributed by atoms with Gasteiger partial charge in [-0.3, -0.25) is 4.79 Å². The fourth-order valence-corrected chi connectivity index (χ4v) is 3.82. The Kier molecular flexibility index (Phi) is 5.00. The second-order valence-electron chi connectivity index (χ2n) is 7.89. The Labute approximate surface area is 174 Å². The van der Waals surface area contributed by atoms with Gasteiger partial charge in [0.1, 0.15) is 17.1 Å². The Balaban J connectivity index is 1.40. The van der Waals surface area contributed by atoms with E-state index < -0.39 is 0 Å². The van der Waals surface area contributed by atoms with E-state index in [1.165, 1.54) is 0 Å². The Morgan fingerprint density at radius 2 is 2.03 bits per heavy atom. The molecule has 3 heterocycles. The van der Waals surface area contributed by atoms with E-state index in [-0.39, 0.29) is 5.91 Å². The lowest BCUT2D eigenvalue weighted by Crippen LogP contribution is -2.16. The van der Waals surface area contributed by atoms with Crippen LogP contribution in [0.2, 0.25) is 0 Å². The van der Waals surface area contributed by atoms with Crippen molar-refractivity contribution in [3.8, 4) is 5.75 Å². The lowest BCUT2D eigenvalue weighted by atomic mass is 9.91. The zero-order valence-corrected chi connectivity index (χ0v) is 16.9. The van der Waals surface area contributed by atoms with E-state index in [4.69, 9.17) is 9.47 Å². The molecule has 2 aromatic heterocycles. The van der Waals surface area contributed by atoms with E-state index in [9.17, 15) is 4.79 Å². The standard InChI is InChI=1S/C22H25N5O3/c1-29-18-11-15(14-5-8-30-9-6-14)10-17(12-18)25-22(28)19-13-23-27-7-4-20(26-21(19)27)24-16-2-3-16/h4,7,10-14,16H,2-3,5-6,8-9H2,1H3,(H,24,26)(H,25,28). The van der Waals surface area contributed by atoms with Crippen molar-refractivity contribution in [2.75, 3.05) is 31.0 Å². The lowest BCUT2D eigenvalue weighted by Gasteiger charge is -2.23. The van der Waals surface area contributed by atoms with E-state index in [1.54, 1.807) is 17.8 Å². The van der Waals surface area contributed by atoms with Crippen LogP contribution in [0.15, 0.2) is 36.7 Å². The predicted molar refractivity (Wildman–Crippen MR) is 113 cm³/mol. The highest BCUT2D eigenvalue weighted by molar-refractivity contribution is 6.08. The summed E-state index contributed by atoms with van der Waals surface area (Å²) in [6.07, 6.45) is 7.62. The molecule has 3 aromatic rings. The molecule has 2 aliphatic rings. The number of carbonyl (C=O) groups excluding carboxylic acids is 1. The van der Waals surface area contributed by atoms with Crippen molar-refractivity contribution < 1.29 is 14.3 Å². The van der Waals surface area contributed by atoms with Crippen LogP contribution < -0.4 is 15.4 Å². The number of fused-ring (bicyclic) bond motifs is 1. The molecule has 0 spiro atoms. The van der Waals surface area contributed by atoms with E-state index in [0.29, 0.717) is 28.9 Å². The summed E-state index contributed by atoms with van der Waals surface area (Å²) < 4.78 is 12.6. The number of amides is 1. The number of anilines is 2. The second-order valence-corrected chi connectivity index (χ2v) is 7.89. The van der Waals surface area contributed by atoms with Gasteiger partial charge in [0.05, 0.1) is 13.3 Å². The molecule has 0 atom stereocenters. The number of methoxy groups -OCH3 is 1. The first kappa shape index (κ1) is 18.9. The minimum absolute atomic E-state index is 0.243. The Morgan fingerprint density at radius 3 is 2.80 bits per heavy atom. The fraction of sp³-hybridized carbons (Fsp3) is 0.409. The first-order chi connectivity index (χ1) is 14.7. The normalized spacial score (nSPS) is 17.1. The number of rotatable bonds is 6. The van der Waals surface area contributed by atoms with Crippen molar-refractivity contribution in [1.29, 1.82) is 0 Å². The summed E-state index contributed by atoms with van der Waals surface area (Å²) in [5, 5.41) is 10.6. The summed E-state index contributed by atoms with van der Waals surface area (Å²) in [6, 6.07) is 8.26. The number of ether oxygens (including phenoxy) is 2. The monoisotopic (exact) mass is 407 g/mol. The van der Waals surface area contributed by atoms with E-state index in [2.05, 4.69) is 20.7 Å². The second kappa shape index (κ2) is 7.95. The van der Waals surface area contributed by atoms with Gasteiger partial charge in [-0.05, 0) is 55.4 Å². The highest BCUT2D eigenvalue weighted by atomic mass is 16.5. The molecule has 30 heavy (non-hydrogen) atoms. The van der Waals surface area contributed by atoms with Crippen LogP contribution in [0.25, 0.3) is 5.65 Å². The Bertz CT molecular complexity index is 1070. The molecule has 0 unspecified atom stereocenters. The van der Waals surface area contributed by atoms with Crippen LogP contribution in [0.1, 0.15) is 47.5 Å². The average Bonchev–Trinajstić information content (AvgIpc) is 3.49. The van der Waals surface area contributed by atoms with Crippen LogP contribution in [0, 0.1) is 0 Å². The smallest absolute Gasteiger partial charge is 0.261 e. The summed E-state index contributed by atoms with van der Waals surface area (Å²) in [4.78, 5) is 17.6.